The van der Waals surface area contributed by atoms with E-state index in [1.807, 2.05) is 0 Å². The predicted molar refractivity (Wildman–Crippen MR) is 68.0 cm³/mol. The molecule has 3 fully saturated rings. The van der Waals surface area contributed by atoms with Gasteiger partial charge in [-0.1, -0.05) is 0 Å². The maximum absolute atomic E-state index is 11.9. The quantitative estimate of drug-likeness (QED) is 0.435. The van der Waals surface area contributed by atoms with Crippen molar-refractivity contribution >= 4 is 5.97 Å². The molecule has 1 unspecified atom stereocenters. The van der Waals surface area contributed by atoms with Crippen LogP contribution in [0.1, 0.15) is 39.0 Å². The number of hydrogen-bond donors (Lipinski definition) is 0. The lowest BCUT2D eigenvalue weighted by atomic mass is 9.47. The first-order valence-corrected chi connectivity index (χ1v) is 7.36. The summed E-state index contributed by atoms with van der Waals surface area (Å²) in [7, 11) is 0. The van der Waals surface area contributed by atoms with E-state index in [9.17, 15) is 14.9 Å². The molecule has 0 aromatic carbocycles. The number of nitro groups is 1. The molecule has 5 heteroatoms. The fourth-order valence-electron chi connectivity index (χ4n) is 5.41. The van der Waals surface area contributed by atoms with Gasteiger partial charge < -0.3 is 4.74 Å². The summed E-state index contributed by atoms with van der Waals surface area (Å²) in [5, 5.41) is 11.1. The van der Waals surface area contributed by atoms with Gasteiger partial charge in [-0.3, -0.25) is 14.9 Å². The smallest absolute Gasteiger partial charge is 0.306 e. The topological polar surface area (TPSA) is 69.4 Å². The third-order valence-electron chi connectivity index (χ3n) is 5.85. The van der Waals surface area contributed by atoms with Gasteiger partial charge in [-0.15, -0.1) is 0 Å². The number of carbonyl (C=O) groups excluding carboxylic acids is 1. The fraction of sp³-hybridized carbons (Fsp3) is 0.929. The van der Waals surface area contributed by atoms with Gasteiger partial charge in [0.25, 0.3) is 0 Å². The van der Waals surface area contributed by atoms with E-state index in [-0.39, 0.29) is 23.9 Å². The molecule has 5 atom stereocenters. The molecule has 0 bridgehead atoms. The predicted octanol–water partition coefficient (Wildman–Crippen LogP) is 2.27. The molecule has 0 spiro atoms. The Kier molecular flexibility index (Phi) is 3.02. The van der Waals surface area contributed by atoms with Crippen LogP contribution in [-0.4, -0.2) is 24.0 Å². The Hall–Kier alpha value is -1.13. The summed E-state index contributed by atoms with van der Waals surface area (Å²) in [6, 6.07) is 0. The van der Waals surface area contributed by atoms with Crippen LogP contribution in [0.2, 0.25) is 0 Å². The van der Waals surface area contributed by atoms with Crippen LogP contribution >= 0.6 is 0 Å². The zero-order valence-corrected chi connectivity index (χ0v) is 11.3. The number of hydrogen-bond acceptors (Lipinski definition) is 4. The Bertz CT molecular complexity index is 392. The molecule has 3 aliphatic rings. The number of carbonyl (C=O) groups is 1. The Labute approximate surface area is 112 Å². The summed E-state index contributed by atoms with van der Waals surface area (Å²) in [6.45, 7) is 2.09. The highest BCUT2D eigenvalue weighted by Crippen LogP contribution is 2.72. The second-order valence-electron chi connectivity index (χ2n) is 6.41. The van der Waals surface area contributed by atoms with Crippen molar-refractivity contribution in [3.8, 4) is 0 Å². The summed E-state index contributed by atoms with van der Waals surface area (Å²) >= 11 is 0. The van der Waals surface area contributed by atoms with Gasteiger partial charge in [-0.05, 0) is 56.3 Å². The van der Waals surface area contributed by atoms with Crippen molar-refractivity contribution < 1.29 is 14.5 Å². The average Bonchev–Trinajstić information content (AvgIpc) is 2.82. The third-order valence-corrected chi connectivity index (χ3v) is 5.85. The lowest BCUT2D eigenvalue weighted by molar-refractivity contribution is -0.511. The van der Waals surface area contributed by atoms with Crippen LogP contribution in [-0.2, 0) is 9.53 Å². The Balaban J connectivity index is 1.82. The molecule has 3 rings (SSSR count). The van der Waals surface area contributed by atoms with E-state index in [4.69, 9.17) is 4.74 Å². The first-order valence-electron chi connectivity index (χ1n) is 7.36. The largest absolute Gasteiger partial charge is 0.466 e. The van der Waals surface area contributed by atoms with Crippen molar-refractivity contribution in [2.24, 2.45) is 29.1 Å². The van der Waals surface area contributed by atoms with Crippen molar-refractivity contribution in [3.63, 3.8) is 0 Å². The minimum atomic E-state index is -0.397. The molecule has 5 nitrogen and oxygen atoms in total. The van der Waals surface area contributed by atoms with E-state index < -0.39 is 5.41 Å². The normalized spacial score (nSPS) is 42.6. The monoisotopic (exact) mass is 267 g/mol. The SMILES string of the molecule is CCOC(=O)C[C@@]1(C[N+](=O)[O-])[C@@H]2CCC3CC[C@H]1[C@@H]32. The maximum atomic E-state index is 11.9. The lowest BCUT2D eigenvalue weighted by Gasteiger charge is -2.55. The van der Waals surface area contributed by atoms with E-state index >= 15 is 0 Å². The first-order chi connectivity index (χ1) is 9.08. The van der Waals surface area contributed by atoms with Crippen LogP contribution in [0.15, 0.2) is 0 Å². The maximum Gasteiger partial charge on any atom is 0.306 e. The Morgan fingerprint density at radius 1 is 1.32 bits per heavy atom. The molecule has 3 aliphatic carbocycles. The Morgan fingerprint density at radius 2 is 1.95 bits per heavy atom. The van der Waals surface area contributed by atoms with Gasteiger partial charge in [-0.25, -0.2) is 0 Å². The van der Waals surface area contributed by atoms with Gasteiger partial charge in [0.05, 0.1) is 18.4 Å². The highest BCUT2D eigenvalue weighted by Gasteiger charge is 2.70. The third kappa shape index (κ3) is 1.77. The van der Waals surface area contributed by atoms with Crippen molar-refractivity contribution in [1.82, 2.24) is 0 Å². The standard InChI is InChI=1S/C14H21NO4/c1-2-19-12(16)7-14(8-15(17)18)10-5-3-9-4-6-11(14)13(9)10/h9-11,13H,2-8H2,1H3/t9?,10-,11+,13+,14-. The number of rotatable bonds is 5. The van der Waals surface area contributed by atoms with Crippen molar-refractivity contribution in [1.29, 1.82) is 0 Å². The van der Waals surface area contributed by atoms with E-state index in [0.29, 0.717) is 24.4 Å². The highest BCUT2D eigenvalue weighted by atomic mass is 16.6. The van der Waals surface area contributed by atoms with Crippen LogP contribution in [0, 0.1) is 39.2 Å². The van der Waals surface area contributed by atoms with E-state index in [2.05, 4.69) is 0 Å². The zero-order chi connectivity index (χ0) is 13.6. The molecule has 0 saturated heterocycles. The molecule has 0 N–H and O–H groups in total. The molecular weight excluding hydrogens is 246 g/mol. The van der Waals surface area contributed by atoms with E-state index in [1.54, 1.807) is 6.92 Å². The minimum absolute atomic E-state index is 0.0512. The van der Waals surface area contributed by atoms with Crippen LogP contribution in [0.3, 0.4) is 0 Å². The van der Waals surface area contributed by atoms with Crippen LogP contribution in [0.4, 0.5) is 0 Å². The Morgan fingerprint density at radius 3 is 2.47 bits per heavy atom. The summed E-state index contributed by atoms with van der Waals surface area (Å²) in [5.41, 5.74) is -0.397. The van der Waals surface area contributed by atoms with Gasteiger partial charge in [0, 0.05) is 4.92 Å². The summed E-state index contributed by atoms with van der Waals surface area (Å²) in [6.07, 6.45) is 4.79. The molecule has 3 saturated carbocycles. The van der Waals surface area contributed by atoms with Crippen LogP contribution < -0.4 is 0 Å². The molecule has 19 heavy (non-hydrogen) atoms. The number of nitrogens with zero attached hydrogens (tertiary/aromatic N) is 1. The molecule has 0 radical (unpaired) electrons. The highest BCUT2D eigenvalue weighted by molar-refractivity contribution is 5.70. The van der Waals surface area contributed by atoms with Gasteiger partial charge in [-0.2, -0.15) is 0 Å². The van der Waals surface area contributed by atoms with E-state index in [1.165, 1.54) is 12.8 Å². The number of ether oxygens (including phenoxy) is 1. The van der Waals surface area contributed by atoms with Crippen molar-refractivity contribution in [2.45, 2.75) is 39.0 Å². The average molecular weight is 267 g/mol. The lowest BCUT2D eigenvalue weighted by Crippen LogP contribution is -2.58. The summed E-state index contributed by atoms with van der Waals surface area (Å²) in [4.78, 5) is 22.7. The van der Waals surface area contributed by atoms with Crippen molar-refractivity contribution in [2.75, 3.05) is 13.2 Å². The van der Waals surface area contributed by atoms with Crippen LogP contribution in [0.5, 0.6) is 0 Å². The van der Waals surface area contributed by atoms with Gasteiger partial charge >= 0.3 is 5.97 Å². The second kappa shape index (κ2) is 4.46. The molecule has 0 aromatic rings. The van der Waals surface area contributed by atoms with Gasteiger partial charge in [0.15, 0.2) is 0 Å². The van der Waals surface area contributed by atoms with Crippen LogP contribution in [0.25, 0.3) is 0 Å². The molecule has 106 valence electrons. The molecular formula is C14H21NO4. The van der Waals surface area contributed by atoms with Gasteiger partial charge in [0.1, 0.15) is 0 Å². The summed E-state index contributed by atoms with van der Waals surface area (Å²) < 4.78 is 5.05. The zero-order valence-electron chi connectivity index (χ0n) is 11.3. The molecule has 0 heterocycles. The van der Waals surface area contributed by atoms with Gasteiger partial charge in [0.2, 0.25) is 6.54 Å². The van der Waals surface area contributed by atoms with Crippen molar-refractivity contribution in [3.05, 3.63) is 10.1 Å². The first kappa shape index (κ1) is 12.9. The summed E-state index contributed by atoms with van der Waals surface area (Å²) in [5.74, 6) is 1.96. The molecule has 0 amide bonds. The fourth-order valence-corrected chi connectivity index (χ4v) is 5.41. The second-order valence-corrected chi connectivity index (χ2v) is 6.41. The minimum Gasteiger partial charge on any atom is -0.466 e. The number of esters is 1. The molecule has 0 aromatic heterocycles. The van der Waals surface area contributed by atoms with E-state index in [0.717, 1.165) is 18.8 Å². The molecule has 0 aliphatic heterocycles.